The maximum Gasteiger partial charge on any atom is 0.416 e. The van der Waals surface area contributed by atoms with Gasteiger partial charge in [-0.1, -0.05) is 34.1 Å². The number of anilines is 4. The minimum Gasteiger partial charge on any atom is -0.378 e. The van der Waals surface area contributed by atoms with Gasteiger partial charge in [-0.15, -0.1) is 0 Å². The fourth-order valence-corrected chi connectivity index (χ4v) is 3.45. The van der Waals surface area contributed by atoms with Gasteiger partial charge in [-0.05, 0) is 35.9 Å². The lowest BCUT2D eigenvalue weighted by Gasteiger charge is -2.27. The summed E-state index contributed by atoms with van der Waals surface area (Å²) in [5.41, 5.74) is 3.05. The highest BCUT2D eigenvalue weighted by molar-refractivity contribution is 9.10. The van der Waals surface area contributed by atoms with Crippen LogP contribution in [-0.4, -0.2) is 47.5 Å². The lowest BCUT2D eigenvalue weighted by molar-refractivity contribution is -0.137. The average Bonchev–Trinajstić information content (AvgIpc) is 2.79. The van der Waals surface area contributed by atoms with Gasteiger partial charge >= 0.3 is 6.18 Å². The van der Waals surface area contributed by atoms with E-state index < -0.39 is 11.7 Å². The molecule has 0 atom stereocenters. The molecule has 0 aliphatic carbocycles. The number of nitrogens with one attached hydrogen (secondary N) is 2. The molecule has 12 heteroatoms. The van der Waals surface area contributed by atoms with E-state index in [1.54, 1.807) is 6.21 Å². The molecule has 1 saturated heterocycles. The third-order valence-corrected chi connectivity index (χ3v) is 5.08. The zero-order chi connectivity index (χ0) is 23.3. The summed E-state index contributed by atoms with van der Waals surface area (Å²) in [6.07, 6.45) is -2.85. The summed E-state index contributed by atoms with van der Waals surface area (Å²) in [5, 5.41) is 7.00. The Balaban J connectivity index is 1.59. The first-order valence-electron chi connectivity index (χ1n) is 9.94. The van der Waals surface area contributed by atoms with E-state index in [-0.39, 0.29) is 17.6 Å². The van der Waals surface area contributed by atoms with Crippen molar-refractivity contribution in [1.29, 1.82) is 0 Å². The number of rotatable bonds is 6. The maximum absolute atomic E-state index is 13.1. The predicted octanol–water partition coefficient (Wildman–Crippen LogP) is 4.68. The first kappa shape index (κ1) is 22.9. The highest BCUT2D eigenvalue weighted by Gasteiger charge is 2.30. The zero-order valence-electron chi connectivity index (χ0n) is 17.2. The highest BCUT2D eigenvalue weighted by Crippen LogP contribution is 2.31. The lowest BCUT2D eigenvalue weighted by Crippen LogP contribution is -2.37. The fraction of sp³-hybridized carbons (Fsp3) is 0.238. The molecule has 2 heterocycles. The molecule has 4 rings (SSSR count). The second-order valence-corrected chi connectivity index (χ2v) is 7.93. The van der Waals surface area contributed by atoms with Gasteiger partial charge in [-0.3, -0.25) is 0 Å². The van der Waals surface area contributed by atoms with E-state index in [1.165, 1.54) is 12.1 Å². The van der Waals surface area contributed by atoms with E-state index in [9.17, 15) is 13.2 Å². The number of hydrogen-bond acceptors (Lipinski definition) is 8. The molecule has 2 N–H and O–H groups in total. The van der Waals surface area contributed by atoms with Gasteiger partial charge in [0, 0.05) is 23.2 Å². The largest absolute Gasteiger partial charge is 0.416 e. The number of alkyl halides is 3. The van der Waals surface area contributed by atoms with Crippen molar-refractivity contribution in [2.75, 3.05) is 41.9 Å². The Kier molecular flexibility index (Phi) is 7.04. The molecule has 1 aromatic heterocycles. The molecule has 0 saturated carbocycles. The maximum atomic E-state index is 13.1. The fourth-order valence-electron chi connectivity index (χ4n) is 3.03. The molecular weight excluding hydrogens is 503 g/mol. The van der Waals surface area contributed by atoms with Crippen molar-refractivity contribution in [3.05, 3.63) is 64.1 Å². The molecule has 0 bridgehead atoms. The Morgan fingerprint density at radius 1 is 1.00 bits per heavy atom. The van der Waals surface area contributed by atoms with E-state index in [1.807, 2.05) is 29.2 Å². The Labute approximate surface area is 196 Å². The predicted molar refractivity (Wildman–Crippen MR) is 123 cm³/mol. The van der Waals surface area contributed by atoms with Gasteiger partial charge in [-0.2, -0.15) is 33.2 Å². The van der Waals surface area contributed by atoms with Crippen LogP contribution in [0.5, 0.6) is 0 Å². The Bertz CT molecular complexity index is 1140. The topological polar surface area (TPSA) is 87.6 Å². The number of aromatic nitrogens is 3. The monoisotopic (exact) mass is 521 g/mol. The van der Waals surface area contributed by atoms with Crippen LogP contribution in [0.4, 0.5) is 36.7 Å². The number of nitrogens with zero attached hydrogens (tertiary/aromatic N) is 5. The SMILES string of the molecule is FC(F)(F)c1cccc(Nc2nc(N/N=C/c3cccc(Br)c3)nc(N3CCOCC3)n2)c1. The molecule has 1 aliphatic rings. The van der Waals surface area contributed by atoms with Crippen LogP contribution in [-0.2, 0) is 10.9 Å². The summed E-state index contributed by atoms with van der Waals surface area (Å²) in [5.74, 6) is 0.598. The van der Waals surface area contributed by atoms with Gasteiger partial charge in [0.25, 0.3) is 0 Å². The molecule has 33 heavy (non-hydrogen) atoms. The number of halogens is 4. The van der Waals surface area contributed by atoms with Crippen LogP contribution in [0.25, 0.3) is 0 Å². The van der Waals surface area contributed by atoms with Crippen LogP contribution in [0, 0.1) is 0 Å². The van der Waals surface area contributed by atoms with Crippen LogP contribution in [0.15, 0.2) is 58.1 Å². The number of hydrogen-bond donors (Lipinski definition) is 2. The molecule has 1 fully saturated rings. The van der Waals surface area contributed by atoms with Gasteiger partial charge in [0.2, 0.25) is 17.8 Å². The summed E-state index contributed by atoms with van der Waals surface area (Å²) in [6, 6.07) is 12.4. The molecule has 3 aromatic rings. The van der Waals surface area contributed by atoms with Crippen molar-refractivity contribution in [2.24, 2.45) is 5.10 Å². The molecule has 1 aliphatic heterocycles. The average molecular weight is 522 g/mol. The van der Waals surface area contributed by atoms with Gasteiger partial charge < -0.3 is 15.0 Å². The summed E-state index contributed by atoms with van der Waals surface area (Å²) in [7, 11) is 0. The quantitative estimate of drug-likeness (QED) is 0.359. The second-order valence-electron chi connectivity index (χ2n) is 7.01. The van der Waals surface area contributed by atoms with Gasteiger partial charge in [0.05, 0.1) is 25.0 Å². The summed E-state index contributed by atoms with van der Waals surface area (Å²) in [6.45, 7) is 2.19. The van der Waals surface area contributed by atoms with Gasteiger partial charge in [0.1, 0.15) is 0 Å². The van der Waals surface area contributed by atoms with E-state index in [2.05, 4.69) is 46.7 Å². The molecule has 2 aromatic carbocycles. The van der Waals surface area contributed by atoms with Crippen LogP contribution in [0.2, 0.25) is 0 Å². The smallest absolute Gasteiger partial charge is 0.378 e. The molecule has 0 spiro atoms. The number of benzene rings is 2. The van der Waals surface area contributed by atoms with Gasteiger partial charge in [-0.25, -0.2) is 5.43 Å². The van der Waals surface area contributed by atoms with Crippen molar-refractivity contribution < 1.29 is 17.9 Å². The zero-order valence-corrected chi connectivity index (χ0v) is 18.8. The summed E-state index contributed by atoms with van der Waals surface area (Å²) < 4.78 is 45.5. The number of hydrazone groups is 1. The minimum absolute atomic E-state index is 0.0889. The third-order valence-electron chi connectivity index (χ3n) is 4.59. The molecule has 8 nitrogen and oxygen atoms in total. The first-order chi connectivity index (χ1) is 15.9. The Hall–Kier alpha value is -3.25. The third kappa shape index (κ3) is 6.39. The number of ether oxygens (including phenoxy) is 1. The van der Waals surface area contributed by atoms with Crippen LogP contribution < -0.4 is 15.6 Å². The van der Waals surface area contributed by atoms with E-state index in [4.69, 9.17) is 4.74 Å². The molecule has 0 amide bonds. The van der Waals surface area contributed by atoms with Crippen LogP contribution in [0.1, 0.15) is 11.1 Å². The first-order valence-corrected chi connectivity index (χ1v) is 10.7. The van der Waals surface area contributed by atoms with E-state index >= 15 is 0 Å². The van der Waals surface area contributed by atoms with Gasteiger partial charge in [0.15, 0.2) is 0 Å². The normalized spacial score (nSPS) is 14.5. The lowest BCUT2D eigenvalue weighted by atomic mass is 10.2. The van der Waals surface area contributed by atoms with Crippen molar-refractivity contribution >= 4 is 45.7 Å². The van der Waals surface area contributed by atoms with Crippen molar-refractivity contribution in [3.8, 4) is 0 Å². The summed E-state index contributed by atoms with van der Waals surface area (Å²) in [4.78, 5) is 14.9. The van der Waals surface area contributed by atoms with Crippen molar-refractivity contribution in [1.82, 2.24) is 15.0 Å². The van der Waals surface area contributed by atoms with Crippen molar-refractivity contribution in [2.45, 2.75) is 6.18 Å². The van der Waals surface area contributed by atoms with Crippen LogP contribution >= 0.6 is 15.9 Å². The standard InChI is InChI=1S/C21H19BrF3N7O/c22-16-5-1-3-14(11-16)13-26-31-19-28-18(29-20(30-19)32-7-9-33-10-8-32)27-17-6-2-4-15(12-17)21(23,24)25/h1-6,11-13H,7-10H2,(H2,27,28,29,30,31)/b26-13+. The molecule has 0 radical (unpaired) electrons. The minimum atomic E-state index is -4.45. The molecular formula is C21H19BrF3N7O. The Morgan fingerprint density at radius 3 is 2.52 bits per heavy atom. The van der Waals surface area contributed by atoms with E-state index in [0.717, 1.165) is 22.2 Å². The summed E-state index contributed by atoms with van der Waals surface area (Å²) >= 11 is 3.40. The molecule has 172 valence electrons. The Morgan fingerprint density at radius 2 is 1.76 bits per heavy atom. The van der Waals surface area contributed by atoms with Crippen molar-refractivity contribution in [3.63, 3.8) is 0 Å². The number of morpholine rings is 1. The van der Waals surface area contributed by atoms with Crippen LogP contribution in [0.3, 0.4) is 0 Å². The highest BCUT2D eigenvalue weighted by atomic mass is 79.9. The second kappa shape index (κ2) is 10.1. The molecule has 0 unspecified atom stereocenters. The van der Waals surface area contributed by atoms with E-state index in [0.29, 0.717) is 32.3 Å².